The molecule has 2 N–H and O–H groups in total. The molecule has 1 aromatic carbocycles. The minimum Gasteiger partial charge on any atom is -0.490 e. The Morgan fingerprint density at radius 2 is 1.81 bits per heavy atom. The van der Waals surface area contributed by atoms with Gasteiger partial charge in [-0.15, -0.1) is 0 Å². The standard InChI is InChI=1S/C18H25ClN2O6/c1-4-7-20-18(24)21-15(22)11-27-17(23)12-9-13(19)16(26-8-5-2)14(10-12)25-6-3/h9-10H,4-8,11H2,1-3H3,(H2,20,21,22,24). The number of carbonyl (C=O) groups excluding carboxylic acids is 3. The first-order valence-electron chi connectivity index (χ1n) is 8.76. The number of hydrogen-bond acceptors (Lipinski definition) is 6. The Morgan fingerprint density at radius 1 is 1.07 bits per heavy atom. The van der Waals surface area contributed by atoms with E-state index >= 15 is 0 Å². The largest absolute Gasteiger partial charge is 0.490 e. The Hall–Kier alpha value is -2.48. The number of benzene rings is 1. The molecule has 0 unspecified atom stereocenters. The van der Waals surface area contributed by atoms with Crippen molar-refractivity contribution >= 4 is 29.5 Å². The SMILES string of the molecule is CCCNC(=O)NC(=O)COC(=O)c1cc(Cl)c(OCCC)c(OCC)c1. The fourth-order valence-corrected chi connectivity index (χ4v) is 2.22. The van der Waals surface area contributed by atoms with Crippen molar-refractivity contribution in [3.05, 3.63) is 22.7 Å². The van der Waals surface area contributed by atoms with Crippen LogP contribution in [0.3, 0.4) is 0 Å². The first-order chi connectivity index (χ1) is 12.9. The molecule has 0 spiro atoms. The molecule has 0 atom stereocenters. The van der Waals surface area contributed by atoms with Crippen LogP contribution in [0.25, 0.3) is 0 Å². The monoisotopic (exact) mass is 400 g/mol. The van der Waals surface area contributed by atoms with Crippen LogP contribution in [-0.4, -0.2) is 44.3 Å². The zero-order chi connectivity index (χ0) is 20.2. The highest BCUT2D eigenvalue weighted by Crippen LogP contribution is 2.37. The van der Waals surface area contributed by atoms with E-state index in [-0.39, 0.29) is 10.6 Å². The molecule has 9 heteroatoms. The Morgan fingerprint density at radius 3 is 2.44 bits per heavy atom. The predicted molar refractivity (Wildman–Crippen MR) is 101 cm³/mol. The summed E-state index contributed by atoms with van der Waals surface area (Å²) in [6.07, 6.45) is 1.52. The maximum Gasteiger partial charge on any atom is 0.338 e. The zero-order valence-corrected chi connectivity index (χ0v) is 16.5. The molecule has 1 aromatic rings. The summed E-state index contributed by atoms with van der Waals surface area (Å²) in [7, 11) is 0. The predicted octanol–water partition coefficient (Wildman–Crippen LogP) is 2.92. The van der Waals surface area contributed by atoms with Crippen molar-refractivity contribution in [3.8, 4) is 11.5 Å². The minimum atomic E-state index is -0.774. The van der Waals surface area contributed by atoms with Gasteiger partial charge >= 0.3 is 12.0 Å². The summed E-state index contributed by atoms with van der Waals surface area (Å²) in [6, 6.07) is 2.18. The summed E-state index contributed by atoms with van der Waals surface area (Å²) < 4.78 is 16.0. The second-order valence-electron chi connectivity index (χ2n) is 5.45. The molecule has 0 bridgehead atoms. The van der Waals surface area contributed by atoms with Crippen molar-refractivity contribution in [2.75, 3.05) is 26.4 Å². The van der Waals surface area contributed by atoms with Crippen molar-refractivity contribution in [1.29, 1.82) is 0 Å². The summed E-state index contributed by atoms with van der Waals surface area (Å²) in [4.78, 5) is 35.2. The third kappa shape index (κ3) is 7.74. The second kappa shape index (κ2) is 12.0. The topological polar surface area (TPSA) is 103 Å². The molecule has 0 aliphatic carbocycles. The molecule has 0 saturated heterocycles. The van der Waals surface area contributed by atoms with Crippen molar-refractivity contribution in [1.82, 2.24) is 10.6 Å². The lowest BCUT2D eigenvalue weighted by Gasteiger charge is -2.14. The van der Waals surface area contributed by atoms with Gasteiger partial charge in [0.05, 0.1) is 23.8 Å². The van der Waals surface area contributed by atoms with E-state index < -0.39 is 24.5 Å². The van der Waals surface area contributed by atoms with Gasteiger partial charge in [0.1, 0.15) is 0 Å². The lowest BCUT2D eigenvalue weighted by molar-refractivity contribution is -0.123. The first kappa shape index (κ1) is 22.6. The Bertz CT molecular complexity index is 665. The molecule has 0 aliphatic heterocycles. The van der Waals surface area contributed by atoms with Gasteiger partial charge in [-0.05, 0) is 31.9 Å². The second-order valence-corrected chi connectivity index (χ2v) is 5.85. The van der Waals surface area contributed by atoms with Crippen LogP contribution in [0.15, 0.2) is 12.1 Å². The summed E-state index contributed by atoms with van der Waals surface area (Å²) >= 11 is 6.19. The number of imide groups is 1. The van der Waals surface area contributed by atoms with E-state index in [2.05, 4.69) is 10.6 Å². The van der Waals surface area contributed by atoms with E-state index in [1.807, 2.05) is 13.8 Å². The Kier molecular flexibility index (Phi) is 10.0. The normalized spacial score (nSPS) is 10.1. The van der Waals surface area contributed by atoms with E-state index in [1.165, 1.54) is 12.1 Å². The van der Waals surface area contributed by atoms with Gasteiger partial charge in [0.15, 0.2) is 18.1 Å². The van der Waals surface area contributed by atoms with E-state index in [4.69, 9.17) is 25.8 Å². The fourth-order valence-electron chi connectivity index (χ4n) is 1.95. The number of amides is 3. The highest BCUT2D eigenvalue weighted by Gasteiger charge is 2.18. The van der Waals surface area contributed by atoms with Gasteiger partial charge in [-0.25, -0.2) is 9.59 Å². The van der Waals surface area contributed by atoms with Crippen LogP contribution in [0.1, 0.15) is 44.0 Å². The number of rotatable bonds is 10. The molecule has 0 aliphatic rings. The number of carbonyl (C=O) groups is 3. The highest BCUT2D eigenvalue weighted by atomic mass is 35.5. The number of esters is 1. The van der Waals surface area contributed by atoms with Crippen LogP contribution in [0.2, 0.25) is 5.02 Å². The molecule has 3 amide bonds. The Balaban J connectivity index is 2.73. The molecule has 0 saturated carbocycles. The molecule has 27 heavy (non-hydrogen) atoms. The van der Waals surface area contributed by atoms with Crippen molar-refractivity contribution < 1.29 is 28.6 Å². The van der Waals surface area contributed by atoms with Gasteiger partial charge < -0.3 is 19.5 Å². The van der Waals surface area contributed by atoms with Crippen LogP contribution in [0.5, 0.6) is 11.5 Å². The van der Waals surface area contributed by atoms with Crippen molar-refractivity contribution in [2.24, 2.45) is 0 Å². The summed E-state index contributed by atoms with van der Waals surface area (Å²) in [5.41, 5.74) is 0.107. The highest BCUT2D eigenvalue weighted by molar-refractivity contribution is 6.32. The first-order valence-corrected chi connectivity index (χ1v) is 9.14. The number of hydrogen-bond donors (Lipinski definition) is 2. The third-order valence-corrected chi connectivity index (χ3v) is 3.40. The maximum atomic E-state index is 12.2. The lowest BCUT2D eigenvalue weighted by atomic mass is 10.2. The van der Waals surface area contributed by atoms with E-state index in [0.29, 0.717) is 31.3 Å². The zero-order valence-electron chi connectivity index (χ0n) is 15.7. The molecule has 8 nitrogen and oxygen atoms in total. The number of nitrogens with one attached hydrogen (secondary N) is 2. The summed E-state index contributed by atoms with van der Waals surface area (Å²) in [5.74, 6) is -0.851. The Labute approximate surface area is 163 Å². The molecule has 0 radical (unpaired) electrons. The van der Waals surface area contributed by atoms with Gasteiger partial charge in [0.2, 0.25) is 0 Å². The van der Waals surface area contributed by atoms with Gasteiger partial charge in [0, 0.05) is 6.54 Å². The molecule has 150 valence electrons. The van der Waals surface area contributed by atoms with E-state index in [9.17, 15) is 14.4 Å². The molecule has 1 rings (SSSR count). The molecular weight excluding hydrogens is 376 g/mol. The smallest absolute Gasteiger partial charge is 0.338 e. The van der Waals surface area contributed by atoms with Gasteiger partial charge in [-0.1, -0.05) is 25.4 Å². The third-order valence-electron chi connectivity index (χ3n) is 3.12. The molecule has 0 fully saturated rings. The van der Waals surface area contributed by atoms with Gasteiger partial charge in [-0.3, -0.25) is 10.1 Å². The number of ether oxygens (including phenoxy) is 3. The van der Waals surface area contributed by atoms with Gasteiger partial charge in [-0.2, -0.15) is 0 Å². The van der Waals surface area contributed by atoms with Crippen molar-refractivity contribution in [2.45, 2.75) is 33.6 Å². The van der Waals surface area contributed by atoms with Crippen LogP contribution < -0.4 is 20.1 Å². The molecular formula is C18H25ClN2O6. The number of halogens is 1. The van der Waals surface area contributed by atoms with E-state index in [1.54, 1.807) is 6.92 Å². The lowest BCUT2D eigenvalue weighted by Crippen LogP contribution is -2.41. The van der Waals surface area contributed by atoms with Crippen LogP contribution in [0.4, 0.5) is 4.79 Å². The minimum absolute atomic E-state index is 0.107. The van der Waals surface area contributed by atoms with Crippen LogP contribution >= 0.6 is 11.6 Å². The van der Waals surface area contributed by atoms with Crippen LogP contribution in [-0.2, 0) is 9.53 Å². The molecule has 0 heterocycles. The molecule has 0 aromatic heterocycles. The van der Waals surface area contributed by atoms with Gasteiger partial charge in [0.25, 0.3) is 5.91 Å². The van der Waals surface area contributed by atoms with Crippen molar-refractivity contribution in [3.63, 3.8) is 0 Å². The quantitative estimate of drug-likeness (QED) is 0.585. The number of urea groups is 1. The summed E-state index contributed by atoms with van der Waals surface area (Å²) in [5, 5.41) is 4.73. The average Bonchev–Trinajstić information content (AvgIpc) is 2.63. The van der Waals surface area contributed by atoms with Crippen LogP contribution in [0, 0.1) is 0 Å². The summed E-state index contributed by atoms with van der Waals surface area (Å²) in [6.45, 7) is 6.25. The van der Waals surface area contributed by atoms with E-state index in [0.717, 1.165) is 12.8 Å². The average molecular weight is 401 g/mol. The maximum absolute atomic E-state index is 12.2. The fraction of sp³-hybridized carbons (Fsp3) is 0.500.